The van der Waals surface area contributed by atoms with Crippen LogP contribution in [0.5, 0.6) is 0 Å². The second-order valence-corrected chi connectivity index (χ2v) is 12.0. The number of halogens is 1. The molecule has 6 rings (SSSR count). The highest BCUT2D eigenvalue weighted by Gasteiger charge is 2.74. The van der Waals surface area contributed by atoms with Gasteiger partial charge in [-0.25, -0.2) is 4.39 Å². The summed E-state index contributed by atoms with van der Waals surface area (Å²) in [6.07, 6.45) is 8.30. The summed E-state index contributed by atoms with van der Waals surface area (Å²) in [6, 6.07) is 6.51. The Balaban J connectivity index is 1.31. The molecule has 5 aliphatic rings. The molecule has 9 atom stereocenters. The van der Waals surface area contributed by atoms with Gasteiger partial charge in [-0.15, -0.1) is 0 Å². The Bertz CT molecular complexity index is 1060. The summed E-state index contributed by atoms with van der Waals surface area (Å²) in [5.41, 5.74) is 1.17. The van der Waals surface area contributed by atoms with E-state index in [4.69, 9.17) is 9.47 Å². The predicted octanol–water partition coefficient (Wildman–Crippen LogP) is 6.14. The van der Waals surface area contributed by atoms with Gasteiger partial charge in [0.05, 0.1) is 6.10 Å². The molecule has 3 saturated carbocycles. The van der Waals surface area contributed by atoms with Crippen molar-refractivity contribution in [3.63, 3.8) is 0 Å². The summed E-state index contributed by atoms with van der Waals surface area (Å²) < 4.78 is 26.9. The van der Waals surface area contributed by atoms with Gasteiger partial charge in [-0.3, -0.25) is 9.59 Å². The van der Waals surface area contributed by atoms with E-state index in [0.717, 1.165) is 44.1 Å². The van der Waals surface area contributed by atoms with Crippen LogP contribution in [-0.4, -0.2) is 29.6 Å². The Morgan fingerprint density at radius 1 is 1.14 bits per heavy atom. The molecule has 1 aromatic rings. The molecule has 0 radical (unpaired) electrons. The molecule has 1 heterocycles. The molecule has 0 amide bonds. The average Bonchev–Trinajstić information content (AvgIpc) is 3.36. The van der Waals surface area contributed by atoms with Gasteiger partial charge in [-0.05, 0) is 86.0 Å². The van der Waals surface area contributed by atoms with Crippen LogP contribution in [0.2, 0.25) is 0 Å². The molecular weight excluding hydrogens is 442 g/mol. The summed E-state index contributed by atoms with van der Waals surface area (Å²) in [5, 5.41) is 0. The van der Waals surface area contributed by atoms with Crippen molar-refractivity contribution < 1.29 is 23.5 Å². The summed E-state index contributed by atoms with van der Waals surface area (Å²) in [4.78, 5) is 25.8. The van der Waals surface area contributed by atoms with Crippen LogP contribution in [0.4, 0.5) is 4.39 Å². The fraction of sp³-hybridized carbons (Fsp3) is 0.667. The largest absolute Gasteiger partial charge is 0.345 e. The highest BCUT2D eigenvalue weighted by molar-refractivity contribution is 5.91. The number of carbonyl (C=O) groups excluding carboxylic acids is 2. The lowest BCUT2D eigenvalue weighted by atomic mass is 9.50. The second-order valence-electron chi connectivity index (χ2n) is 12.0. The quantitative estimate of drug-likeness (QED) is 0.520. The van der Waals surface area contributed by atoms with Gasteiger partial charge in [0.2, 0.25) is 0 Å². The summed E-state index contributed by atoms with van der Waals surface area (Å²) in [6.45, 7) is 6.28. The van der Waals surface area contributed by atoms with Crippen molar-refractivity contribution in [2.45, 2.75) is 96.1 Å². The van der Waals surface area contributed by atoms with Gasteiger partial charge in [-0.1, -0.05) is 38.5 Å². The third kappa shape index (κ3) is 3.30. The smallest absolute Gasteiger partial charge is 0.167 e. The maximum atomic E-state index is 13.7. The Morgan fingerprint density at radius 2 is 1.91 bits per heavy atom. The van der Waals surface area contributed by atoms with E-state index in [-0.39, 0.29) is 29.0 Å². The molecule has 0 aromatic heterocycles. The molecule has 0 bridgehead atoms. The lowest BCUT2D eigenvalue weighted by molar-refractivity contribution is -0.185. The standard InChI is InChI=1S/C30H37FO4/c1-4-26(33)30-27(34-28(35-30)17(2)18-5-8-20(31)9-6-18)16-25-24-11-7-19-15-21(32)10-12-22(19)23(24)13-14-29(25,30)3/h5-6,8-9,15,17,22-25,27-28H,4,7,10-14,16H2,1-3H3/t17?,22-,23?,24?,25?,27+,28?,29-,30+/m0/s1/i31-1. The van der Waals surface area contributed by atoms with Crippen LogP contribution < -0.4 is 0 Å². The molecule has 35 heavy (non-hydrogen) atoms. The highest BCUT2D eigenvalue weighted by atomic mass is 18.2. The summed E-state index contributed by atoms with van der Waals surface area (Å²) in [5.74, 6) is 2.18. The Kier molecular flexibility index (Phi) is 5.61. The predicted molar refractivity (Wildman–Crippen MR) is 130 cm³/mol. The third-order valence-electron chi connectivity index (χ3n) is 10.6. The van der Waals surface area contributed by atoms with Crippen LogP contribution in [0.15, 0.2) is 35.9 Å². The van der Waals surface area contributed by atoms with E-state index in [9.17, 15) is 14.0 Å². The van der Waals surface area contributed by atoms with Crippen molar-refractivity contribution in [3.8, 4) is 0 Å². The minimum absolute atomic E-state index is 0.0942. The normalized spacial score (nSPS) is 43.0. The van der Waals surface area contributed by atoms with E-state index >= 15 is 0 Å². The number of allylic oxidation sites excluding steroid dienone is 1. The number of ketones is 2. The number of fused-ring (bicyclic) bond motifs is 7. The number of carbonyl (C=O) groups is 2. The fourth-order valence-electron chi connectivity index (χ4n) is 8.87. The van der Waals surface area contributed by atoms with Crippen molar-refractivity contribution in [2.24, 2.45) is 29.1 Å². The molecule has 4 fully saturated rings. The maximum absolute atomic E-state index is 13.7. The van der Waals surface area contributed by atoms with Crippen LogP contribution >= 0.6 is 0 Å². The molecule has 4 aliphatic carbocycles. The molecule has 5 heteroatoms. The van der Waals surface area contributed by atoms with Gasteiger partial charge in [-0.2, -0.15) is 0 Å². The zero-order chi connectivity index (χ0) is 24.5. The summed E-state index contributed by atoms with van der Waals surface area (Å²) >= 11 is 0. The zero-order valence-electron chi connectivity index (χ0n) is 21.1. The first kappa shape index (κ1) is 23.5. The molecule has 1 aromatic carbocycles. The van der Waals surface area contributed by atoms with Gasteiger partial charge in [0, 0.05) is 24.2 Å². The number of Topliss-reactive ketones (excluding diaryl/α,β-unsaturated/α-hetero) is 1. The Morgan fingerprint density at radius 3 is 2.66 bits per heavy atom. The maximum Gasteiger partial charge on any atom is 0.167 e. The summed E-state index contributed by atoms with van der Waals surface area (Å²) in [7, 11) is 0. The van der Waals surface area contributed by atoms with Gasteiger partial charge in [0.15, 0.2) is 23.5 Å². The molecule has 0 spiro atoms. The first-order valence-electron chi connectivity index (χ1n) is 13.6. The molecule has 0 N–H and O–H groups in total. The van der Waals surface area contributed by atoms with E-state index in [1.807, 2.05) is 19.9 Å². The van der Waals surface area contributed by atoms with Crippen molar-refractivity contribution >= 4 is 11.6 Å². The fourth-order valence-corrected chi connectivity index (χ4v) is 8.87. The molecule has 1 saturated heterocycles. The number of hydrogen-bond acceptors (Lipinski definition) is 4. The van der Waals surface area contributed by atoms with Crippen molar-refractivity contribution in [3.05, 3.63) is 47.3 Å². The SMILES string of the molecule is CCC(=O)[C@@]12OC(C(C)c3ccc([18F])cc3)O[C@@H]1CC1C3CCC4=CC(=O)CC[C@@H]4C3CC[C@@]12C. The Labute approximate surface area is 207 Å². The molecule has 188 valence electrons. The minimum Gasteiger partial charge on any atom is -0.345 e. The van der Waals surface area contributed by atoms with E-state index in [2.05, 4.69) is 6.92 Å². The minimum atomic E-state index is -0.908. The van der Waals surface area contributed by atoms with Crippen molar-refractivity contribution in [1.29, 1.82) is 0 Å². The topological polar surface area (TPSA) is 52.6 Å². The number of rotatable bonds is 4. The van der Waals surface area contributed by atoms with Crippen LogP contribution in [0.25, 0.3) is 0 Å². The number of ether oxygens (including phenoxy) is 2. The first-order chi connectivity index (χ1) is 16.8. The molecule has 5 unspecified atom stereocenters. The Hall–Kier alpha value is -1.85. The monoisotopic (exact) mass is 479 g/mol. The molecule has 1 aliphatic heterocycles. The van der Waals surface area contributed by atoms with Crippen molar-refractivity contribution in [1.82, 2.24) is 0 Å². The van der Waals surface area contributed by atoms with Crippen molar-refractivity contribution in [2.75, 3.05) is 0 Å². The first-order valence-corrected chi connectivity index (χ1v) is 13.6. The van der Waals surface area contributed by atoms with E-state index in [1.54, 1.807) is 12.1 Å². The number of benzene rings is 1. The average molecular weight is 480 g/mol. The van der Waals surface area contributed by atoms with Gasteiger partial charge in [0.25, 0.3) is 0 Å². The van der Waals surface area contributed by atoms with E-state index < -0.39 is 11.9 Å². The van der Waals surface area contributed by atoms with Gasteiger partial charge < -0.3 is 9.47 Å². The van der Waals surface area contributed by atoms with Crippen LogP contribution in [0, 0.1) is 34.9 Å². The van der Waals surface area contributed by atoms with Crippen LogP contribution in [0.1, 0.15) is 83.6 Å². The van der Waals surface area contributed by atoms with Gasteiger partial charge >= 0.3 is 0 Å². The van der Waals surface area contributed by atoms with Crippen LogP contribution in [0.3, 0.4) is 0 Å². The second kappa shape index (κ2) is 8.34. The molecule has 4 nitrogen and oxygen atoms in total. The third-order valence-corrected chi connectivity index (χ3v) is 10.6. The van der Waals surface area contributed by atoms with Gasteiger partial charge in [0.1, 0.15) is 5.82 Å². The lowest BCUT2D eigenvalue weighted by Gasteiger charge is -2.55. The van der Waals surface area contributed by atoms with Crippen LogP contribution in [-0.2, 0) is 19.1 Å². The number of hydrogen-bond donors (Lipinski definition) is 0. The van der Waals surface area contributed by atoms with E-state index in [1.165, 1.54) is 17.7 Å². The van der Waals surface area contributed by atoms with E-state index in [0.29, 0.717) is 42.3 Å². The molecular formula is C30H37FO4. The lowest BCUT2D eigenvalue weighted by Crippen LogP contribution is -2.59. The zero-order valence-corrected chi connectivity index (χ0v) is 21.1. The highest BCUT2D eigenvalue weighted by Crippen LogP contribution is 2.68.